The van der Waals surface area contributed by atoms with Gasteiger partial charge in [0.25, 0.3) is 0 Å². The Morgan fingerprint density at radius 2 is 1.00 bits per heavy atom. The maximum atomic E-state index is 2.40. The quantitative estimate of drug-likeness (QED) is 0.143. The number of rotatable bonds is 21. The third-order valence-electron chi connectivity index (χ3n) is 6.26. The highest BCUT2D eigenvalue weighted by Crippen LogP contribution is 2.14. The van der Waals surface area contributed by atoms with Crippen LogP contribution in [0.3, 0.4) is 0 Å². The minimum atomic E-state index is 1.19. The summed E-state index contributed by atoms with van der Waals surface area (Å²) in [6.45, 7) is 5.77. The third kappa shape index (κ3) is 16.6. The lowest BCUT2D eigenvalue weighted by molar-refractivity contribution is -0.697. The summed E-state index contributed by atoms with van der Waals surface area (Å²) >= 11 is 0. The van der Waals surface area contributed by atoms with E-state index in [1.54, 1.807) is 0 Å². The average molecular weight is 403 g/mol. The Morgan fingerprint density at radius 3 is 1.48 bits per heavy atom. The van der Waals surface area contributed by atoms with Crippen molar-refractivity contribution >= 4 is 0 Å². The molecule has 1 heterocycles. The Morgan fingerprint density at radius 1 is 0.552 bits per heavy atom. The fourth-order valence-electron chi connectivity index (χ4n) is 4.26. The van der Waals surface area contributed by atoms with Gasteiger partial charge in [-0.05, 0) is 25.3 Å². The second kappa shape index (κ2) is 20.4. The molecule has 0 N–H and O–H groups in total. The molecule has 29 heavy (non-hydrogen) atoms. The fourth-order valence-corrected chi connectivity index (χ4v) is 4.26. The molecule has 0 amide bonds. The zero-order chi connectivity index (χ0) is 20.8. The monoisotopic (exact) mass is 402 g/mol. The van der Waals surface area contributed by atoms with Crippen molar-refractivity contribution in [2.45, 2.75) is 149 Å². The topological polar surface area (TPSA) is 3.88 Å². The molecule has 0 bridgehead atoms. The largest absolute Gasteiger partial charge is 0.205 e. The SMILES string of the molecule is CCCCCCCCCCCCCCCCCCC[n+]1cccc(CCCC)c1. The molecular weight excluding hydrogens is 350 g/mol. The van der Waals surface area contributed by atoms with Gasteiger partial charge in [-0.2, -0.15) is 0 Å². The zero-order valence-electron chi connectivity index (χ0n) is 20.1. The Kier molecular flexibility index (Phi) is 18.4. The molecule has 0 aromatic carbocycles. The molecular formula is C28H52N+. The third-order valence-corrected chi connectivity index (χ3v) is 6.26. The maximum Gasteiger partial charge on any atom is 0.171 e. The first-order valence-corrected chi connectivity index (χ1v) is 13.3. The van der Waals surface area contributed by atoms with Crippen molar-refractivity contribution < 1.29 is 4.57 Å². The van der Waals surface area contributed by atoms with Gasteiger partial charge in [-0.15, -0.1) is 0 Å². The van der Waals surface area contributed by atoms with Crippen molar-refractivity contribution in [2.75, 3.05) is 0 Å². The number of aromatic nitrogens is 1. The van der Waals surface area contributed by atoms with Gasteiger partial charge in [-0.1, -0.05) is 117 Å². The highest BCUT2D eigenvalue weighted by Gasteiger charge is 2.02. The van der Waals surface area contributed by atoms with Crippen LogP contribution in [0.15, 0.2) is 24.5 Å². The van der Waals surface area contributed by atoms with Gasteiger partial charge in [0.1, 0.15) is 6.54 Å². The molecule has 1 aromatic heterocycles. The van der Waals surface area contributed by atoms with Crippen LogP contribution in [0.25, 0.3) is 0 Å². The molecule has 0 radical (unpaired) electrons. The average Bonchev–Trinajstić information content (AvgIpc) is 2.74. The van der Waals surface area contributed by atoms with E-state index in [1.165, 1.54) is 141 Å². The van der Waals surface area contributed by atoms with Gasteiger partial charge in [0, 0.05) is 18.1 Å². The van der Waals surface area contributed by atoms with E-state index < -0.39 is 0 Å². The van der Waals surface area contributed by atoms with E-state index in [9.17, 15) is 0 Å². The number of hydrogen-bond acceptors (Lipinski definition) is 0. The first kappa shape index (κ1) is 26.2. The van der Waals surface area contributed by atoms with Crippen LogP contribution in [-0.4, -0.2) is 0 Å². The van der Waals surface area contributed by atoms with Crippen LogP contribution in [0.2, 0.25) is 0 Å². The summed E-state index contributed by atoms with van der Waals surface area (Å²) in [5.41, 5.74) is 1.50. The van der Waals surface area contributed by atoms with E-state index in [-0.39, 0.29) is 0 Å². The fraction of sp³-hybridized carbons (Fsp3) is 0.821. The van der Waals surface area contributed by atoms with Crippen LogP contribution in [0.1, 0.15) is 141 Å². The molecule has 1 nitrogen and oxygen atoms in total. The van der Waals surface area contributed by atoms with Crippen molar-refractivity contribution in [3.05, 3.63) is 30.1 Å². The summed E-state index contributed by atoms with van der Waals surface area (Å²) in [6, 6.07) is 4.50. The van der Waals surface area contributed by atoms with Gasteiger partial charge in [-0.25, -0.2) is 4.57 Å². The van der Waals surface area contributed by atoms with Crippen LogP contribution in [0.5, 0.6) is 0 Å². The number of pyridine rings is 1. The summed E-state index contributed by atoms with van der Waals surface area (Å²) in [5, 5.41) is 0. The molecule has 0 saturated carbocycles. The lowest BCUT2D eigenvalue weighted by Crippen LogP contribution is -2.33. The van der Waals surface area contributed by atoms with Crippen LogP contribution in [-0.2, 0) is 13.0 Å². The van der Waals surface area contributed by atoms with E-state index in [1.807, 2.05) is 0 Å². The Balaban J connectivity index is 1.81. The van der Waals surface area contributed by atoms with Crippen molar-refractivity contribution in [3.63, 3.8) is 0 Å². The number of hydrogen-bond donors (Lipinski definition) is 0. The predicted molar refractivity (Wildman–Crippen MR) is 129 cm³/mol. The minimum absolute atomic E-state index is 1.19. The number of unbranched alkanes of at least 4 members (excludes halogenated alkanes) is 17. The number of aryl methyl sites for hydroxylation is 2. The van der Waals surface area contributed by atoms with Crippen molar-refractivity contribution in [1.29, 1.82) is 0 Å². The van der Waals surface area contributed by atoms with Gasteiger partial charge in [0.2, 0.25) is 0 Å². The molecule has 0 spiro atoms. The molecule has 0 atom stereocenters. The Hall–Kier alpha value is -0.850. The normalized spacial score (nSPS) is 11.2. The molecule has 0 unspecified atom stereocenters. The highest BCUT2D eigenvalue weighted by molar-refractivity contribution is 5.05. The predicted octanol–water partition coefficient (Wildman–Crippen LogP) is 8.97. The number of nitrogens with zero attached hydrogens (tertiary/aromatic N) is 1. The summed E-state index contributed by atoms with van der Waals surface area (Å²) in [5.74, 6) is 0. The van der Waals surface area contributed by atoms with E-state index in [0.717, 1.165) is 0 Å². The summed E-state index contributed by atoms with van der Waals surface area (Å²) in [4.78, 5) is 0. The van der Waals surface area contributed by atoms with Gasteiger partial charge >= 0.3 is 0 Å². The van der Waals surface area contributed by atoms with Crippen LogP contribution in [0, 0.1) is 0 Å². The lowest BCUT2D eigenvalue weighted by atomic mass is 10.0. The second-order valence-corrected chi connectivity index (χ2v) is 9.21. The van der Waals surface area contributed by atoms with Gasteiger partial charge in [-0.3, -0.25) is 0 Å². The van der Waals surface area contributed by atoms with Crippen LogP contribution < -0.4 is 4.57 Å². The molecule has 0 aliphatic rings. The highest BCUT2D eigenvalue weighted by atomic mass is 14.9. The molecule has 1 heteroatoms. The summed E-state index contributed by atoms with van der Waals surface area (Å²) in [6.07, 6.45) is 33.0. The standard InChI is InChI=1S/C28H52N/c1-3-5-7-8-9-10-11-12-13-14-15-16-17-18-19-20-21-25-29-26-22-24-28(27-29)23-6-4-2/h22,24,26-27H,3-21,23,25H2,1-2H3/q+1. The molecule has 168 valence electrons. The van der Waals surface area contributed by atoms with Crippen LogP contribution in [0.4, 0.5) is 0 Å². The van der Waals surface area contributed by atoms with Crippen molar-refractivity contribution in [1.82, 2.24) is 0 Å². The molecule has 1 aromatic rings. The Bertz CT molecular complexity index is 453. The Labute approximate surface area is 183 Å². The lowest BCUT2D eigenvalue weighted by Gasteiger charge is -2.04. The second-order valence-electron chi connectivity index (χ2n) is 9.21. The first-order chi connectivity index (χ1) is 14.4. The van der Waals surface area contributed by atoms with Crippen molar-refractivity contribution in [3.8, 4) is 0 Å². The minimum Gasteiger partial charge on any atom is -0.205 e. The van der Waals surface area contributed by atoms with E-state index >= 15 is 0 Å². The van der Waals surface area contributed by atoms with E-state index in [0.29, 0.717) is 0 Å². The van der Waals surface area contributed by atoms with Gasteiger partial charge < -0.3 is 0 Å². The first-order valence-electron chi connectivity index (χ1n) is 13.3. The van der Waals surface area contributed by atoms with Crippen molar-refractivity contribution in [2.24, 2.45) is 0 Å². The zero-order valence-corrected chi connectivity index (χ0v) is 20.1. The molecule has 0 saturated heterocycles. The molecule has 0 aliphatic carbocycles. The van der Waals surface area contributed by atoms with Crippen LogP contribution >= 0.6 is 0 Å². The van der Waals surface area contributed by atoms with E-state index in [4.69, 9.17) is 0 Å². The smallest absolute Gasteiger partial charge is 0.171 e. The van der Waals surface area contributed by atoms with Gasteiger partial charge in [0.15, 0.2) is 12.4 Å². The maximum absolute atomic E-state index is 2.40. The molecule has 0 fully saturated rings. The molecule has 1 rings (SSSR count). The summed E-state index contributed by atoms with van der Waals surface area (Å²) < 4.78 is 2.40. The summed E-state index contributed by atoms with van der Waals surface area (Å²) in [7, 11) is 0. The molecule has 0 aliphatic heterocycles. The van der Waals surface area contributed by atoms with Gasteiger partial charge in [0.05, 0.1) is 0 Å². The van der Waals surface area contributed by atoms with E-state index in [2.05, 4.69) is 42.9 Å².